The summed E-state index contributed by atoms with van der Waals surface area (Å²) in [6.45, 7) is 8.97. The highest BCUT2D eigenvalue weighted by atomic mass is 32.1. The van der Waals surface area contributed by atoms with E-state index in [9.17, 15) is 4.79 Å². The highest BCUT2D eigenvalue weighted by Gasteiger charge is 2.24. The summed E-state index contributed by atoms with van der Waals surface area (Å²) in [6.07, 6.45) is 2.00. The van der Waals surface area contributed by atoms with Crippen LogP contribution < -0.4 is 15.4 Å². The first kappa shape index (κ1) is 19.3. The Labute approximate surface area is 179 Å². The molecule has 3 aromatic rings. The number of thiophene rings is 1. The van der Waals surface area contributed by atoms with E-state index in [1.807, 2.05) is 18.2 Å². The predicted octanol–water partition coefficient (Wildman–Crippen LogP) is 4.37. The zero-order valence-corrected chi connectivity index (χ0v) is 18.2. The van der Waals surface area contributed by atoms with E-state index in [-0.39, 0.29) is 5.91 Å². The van der Waals surface area contributed by atoms with Crippen LogP contribution in [0.1, 0.15) is 36.0 Å². The van der Waals surface area contributed by atoms with Gasteiger partial charge in [-0.2, -0.15) is 0 Å². The number of carbonyl (C=O) groups excluding carboxylic acids is 1. The van der Waals surface area contributed by atoms with Crippen LogP contribution in [0.2, 0.25) is 0 Å². The van der Waals surface area contributed by atoms with Gasteiger partial charge in [0.2, 0.25) is 0 Å². The number of amides is 1. The molecule has 1 amide bonds. The standard InChI is InChI=1S/C22H25N5O2S/c1-12-14(3)30-22-19(12)20(25-18(26-22)11-27-8-4-5-9-27)23-15-6-7-17-16(10-15)24-21(28)13(2)29-17/h6-7,10,13H,4-5,8-9,11H2,1-3H3,(H,24,28)(H,23,25,26). The Hall–Kier alpha value is -2.71. The molecule has 2 aliphatic heterocycles. The van der Waals surface area contributed by atoms with Crippen molar-refractivity contribution >= 4 is 44.7 Å². The second-order valence-corrected chi connectivity index (χ2v) is 9.22. The average molecular weight is 424 g/mol. The number of hydrogen-bond acceptors (Lipinski definition) is 7. The summed E-state index contributed by atoms with van der Waals surface area (Å²) in [5.74, 6) is 2.20. The van der Waals surface area contributed by atoms with Crippen LogP contribution in [-0.4, -0.2) is 40.0 Å². The van der Waals surface area contributed by atoms with Crippen LogP contribution in [0.3, 0.4) is 0 Å². The Balaban J connectivity index is 1.51. The summed E-state index contributed by atoms with van der Waals surface area (Å²) in [5, 5.41) is 7.44. The molecule has 0 bridgehead atoms. The number of aryl methyl sites for hydroxylation is 2. The minimum Gasteiger partial charge on any atom is -0.479 e. The zero-order valence-electron chi connectivity index (χ0n) is 17.4. The molecule has 0 spiro atoms. The van der Waals surface area contributed by atoms with Gasteiger partial charge in [0, 0.05) is 10.6 Å². The highest BCUT2D eigenvalue weighted by molar-refractivity contribution is 7.18. The molecule has 156 valence electrons. The molecule has 1 unspecified atom stereocenters. The molecule has 2 N–H and O–H groups in total. The molecule has 1 aromatic carbocycles. The summed E-state index contributed by atoms with van der Waals surface area (Å²) >= 11 is 1.71. The van der Waals surface area contributed by atoms with Gasteiger partial charge in [0.15, 0.2) is 6.10 Å². The van der Waals surface area contributed by atoms with Crippen molar-refractivity contribution in [3.63, 3.8) is 0 Å². The number of likely N-dealkylation sites (tertiary alicyclic amines) is 1. The first-order valence-electron chi connectivity index (χ1n) is 10.4. The number of benzene rings is 1. The second-order valence-electron chi connectivity index (χ2n) is 8.02. The number of nitrogens with one attached hydrogen (secondary N) is 2. The van der Waals surface area contributed by atoms with E-state index < -0.39 is 6.10 Å². The Morgan fingerprint density at radius 2 is 2.07 bits per heavy atom. The number of ether oxygens (including phenoxy) is 1. The Kier molecular flexibility index (Phi) is 4.83. The number of fused-ring (bicyclic) bond motifs is 2. The fourth-order valence-corrected chi connectivity index (χ4v) is 5.07. The lowest BCUT2D eigenvalue weighted by Gasteiger charge is -2.24. The van der Waals surface area contributed by atoms with E-state index in [2.05, 4.69) is 29.4 Å². The number of aromatic nitrogens is 2. The molecule has 0 aliphatic carbocycles. The lowest BCUT2D eigenvalue weighted by Crippen LogP contribution is -2.34. The van der Waals surface area contributed by atoms with E-state index in [4.69, 9.17) is 14.7 Å². The van der Waals surface area contributed by atoms with Crippen molar-refractivity contribution < 1.29 is 9.53 Å². The fraction of sp³-hybridized carbons (Fsp3) is 0.409. The number of hydrogen-bond donors (Lipinski definition) is 2. The van der Waals surface area contributed by atoms with Crippen LogP contribution >= 0.6 is 11.3 Å². The Morgan fingerprint density at radius 3 is 2.87 bits per heavy atom. The summed E-state index contributed by atoms with van der Waals surface area (Å²) in [6, 6.07) is 5.72. The van der Waals surface area contributed by atoms with Crippen LogP contribution in [0.4, 0.5) is 17.2 Å². The number of carbonyl (C=O) groups is 1. The normalized spacial score (nSPS) is 18.9. The molecule has 8 heteroatoms. The second kappa shape index (κ2) is 7.52. The van der Waals surface area contributed by atoms with E-state index in [1.165, 1.54) is 23.3 Å². The summed E-state index contributed by atoms with van der Waals surface area (Å²) in [5.41, 5.74) is 2.72. The monoisotopic (exact) mass is 423 g/mol. The maximum atomic E-state index is 12.0. The first-order valence-corrected chi connectivity index (χ1v) is 11.2. The van der Waals surface area contributed by atoms with Gasteiger partial charge in [0.25, 0.3) is 5.91 Å². The molecule has 1 saturated heterocycles. The molecule has 0 saturated carbocycles. The summed E-state index contributed by atoms with van der Waals surface area (Å²) < 4.78 is 5.67. The largest absolute Gasteiger partial charge is 0.479 e. The first-order chi connectivity index (χ1) is 14.5. The van der Waals surface area contributed by atoms with E-state index >= 15 is 0 Å². The molecule has 1 fully saturated rings. The summed E-state index contributed by atoms with van der Waals surface area (Å²) in [4.78, 5) is 26.4. The van der Waals surface area contributed by atoms with Crippen molar-refractivity contribution in [2.24, 2.45) is 0 Å². The molecular formula is C22H25N5O2S. The molecule has 2 aliphatic rings. The molecule has 30 heavy (non-hydrogen) atoms. The SMILES string of the molecule is Cc1sc2nc(CN3CCCC3)nc(Nc3ccc4c(c3)NC(=O)C(C)O4)c2c1C. The van der Waals surface area contributed by atoms with Gasteiger partial charge in [-0.3, -0.25) is 9.69 Å². The van der Waals surface area contributed by atoms with Crippen LogP contribution in [0, 0.1) is 13.8 Å². The molecule has 2 aromatic heterocycles. The maximum Gasteiger partial charge on any atom is 0.265 e. The Bertz CT molecular complexity index is 1140. The lowest BCUT2D eigenvalue weighted by molar-refractivity contribution is -0.122. The average Bonchev–Trinajstić information content (AvgIpc) is 3.31. The number of rotatable bonds is 4. The molecule has 0 radical (unpaired) electrons. The summed E-state index contributed by atoms with van der Waals surface area (Å²) in [7, 11) is 0. The van der Waals surface area contributed by atoms with Gasteiger partial charge in [-0.1, -0.05) is 0 Å². The van der Waals surface area contributed by atoms with E-state index in [1.54, 1.807) is 18.3 Å². The van der Waals surface area contributed by atoms with E-state index in [0.717, 1.165) is 47.2 Å². The van der Waals surface area contributed by atoms with Crippen molar-refractivity contribution in [1.29, 1.82) is 0 Å². The minimum absolute atomic E-state index is 0.138. The van der Waals surface area contributed by atoms with Crippen LogP contribution in [0.5, 0.6) is 5.75 Å². The van der Waals surface area contributed by atoms with Gasteiger partial charge in [0.05, 0.1) is 17.6 Å². The zero-order chi connectivity index (χ0) is 20.8. The quantitative estimate of drug-likeness (QED) is 0.649. The van der Waals surface area contributed by atoms with Gasteiger partial charge >= 0.3 is 0 Å². The fourth-order valence-electron chi connectivity index (χ4n) is 4.02. The molecule has 5 rings (SSSR count). The molecule has 7 nitrogen and oxygen atoms in total. The minimum atomic E-state index is -0.484. The molecule has 4 heterocycles. The lowest BCUT2D eigenvalue weighted by atomic mass is 10.2. The molecule has 1 atom stereocenters. The van der Waals surface area contributed by atoms with Crippen molar-refractivity contribution in [3.05, 3.63) is 34.5 Å². The number of nitrogens with zero attached hydrogens (tertiary/aromatic N) is 3. The van der Waals surface area contributed by atoms with Gasteiger partial charge in [-0.25, -0.2) is 9.97 Å². The van der Waals surface area contributed by atoms with Crippen LogP contribution in [0.15, 0.2) is 18.2 Å². The van der Waals surface area contributed by atoms with Crippen LogP contribution in [-0.2, 0) is 11.3 Å². The van der Waals surface area contributed by atoms with Gasteiger partial charge in [0.1, 0.15) is 22.2 Å². The Morgan fingerprint density at radius 1 is 1.27 bits per heavy atom. The maximum absolute atomic E-state index is 12.0. The number of anilines is 3. The van der Waals surface area contributed by atoms with E-state index in [0.29, 0.717) is 11.4 Å². The topological polar surface area (TPSA) is 79.4 Å². The predicted molar refractivity (Wildman–Crippen MR) is 120 cm³/mol. The highest BCUT2D eigenvalue weighted by Crippen LogP contribution is 2.37. The van der Waals surface area contributed by atoms with Crippen molar-refractivity contribution in [2.75, 3.05) is 23.7 Å². The molecular weight excluding hydrogens is 398 g/mol. The van der Waals surface area contributed by atoms with Crippen molar-refractivity contribution in [1.82, 2.24) is 14.9 Å². The third-order valence-corrected chi connectivity index (χ3v) is 6.91. The third-order valence-electron chi connectivity index (χ3n) is 5.81. The van der Waals surface area contributed by atoms with Crippen LogP contribution in [0.25, 0.3) is 10.2 Å². The third kappa shape index (κ3) is 3.50. The smallest absolute Gasteiger partial charge is 0.265 e. The van der Waals surface area contributed by atoms with Crippen molar-refractivity contribution in [3.8, 4) is 5.75 Å². The van der Waals surface area contributed by atoms with Crippen molar-refractivity contribution in [2.45, 2.75) is 46.3 Å². The van der Waals surface area contributed by atoms with Gasteiger partial charge < -0.3 is 15.4 Å². The van der Waals surface area contributed by atoms with Gasteiger partial charge in [-0.05, 0) is 70.5 Å². The van der Waals surface area contributed by atoms with Gasteiger partial charge in [-0.15, -0.1) is 11.3 Å².